The van der Waals surface area contributed by atoms with Crippen molar-refractivity contribution in [1.29, 1.82) is 0 Å². The standard InChI is InChI=1S/C14H16BrN3O2/c1-10(7-16-14-17-8-11(15)9-18-14)20-13-5-3-12(19-2)4-6-13/h3-6,8-10H,7H2,1-2H3,(H,16,17,18). The minimum atomic E-state index is -0.00404. The van der Waals surface area contributed by atoms with Gasteiger partial charge in [-0.25, -0.2) is 9.97 Å². The molecule has 5 nitrogen and oxygen atoms in total. The van der Waals surface area contributed by atoms with Crippen LogP contribution in [0, 0.1) is 0 Å². The zero-order valence-electron chi connectivity index (χ0n) is 11.3. The van der Waals surface area contributed by atoms with Crippen LogP contribution in [-0.2, 0) is 0 Å². The molecular weight excluding hydrogens is 322 g/mol. The number of hydrogen-bond donors (Lipinski definition) is 1. The molecule has 20 heavy (non-hydrogen) atoms. The first-order chi connectivity index (χ1) is 9.67. The first-order valence-electron chi connectivity index (χ1n) is 6.19. The largest absolute Gasteiger partial charge is 0.497 e. The van der Waals surface area contributed by atoms with Crippen molar-refractivity contribution >= 4 is 21.9 Å². The van der Waals surface area contributed by atoms with Crippen molar-refractivity contribution in [3.05, 3.63) is 41.1 Å². The van der Waals surface area contributed by atoms with Gasteiger partial charge in [-0.3, -0.25) is 0 Å². The van der Waals surface area contributed by atoms with Crippen LogP contribution < -0.4 is 14.8 Å². The Kier molecular flexibility index (Phi) is 5.17. The molecule has 0 fully saturated rings. The van der Waals surface area contributed by atoms with Crippen LogP contribution in [0.25, 0.3) is 0 Å². The summed E-state index contributed by atoms with van der Waals surface area (Å²) in [7, 11) is 1.64. The Balaban J connectivity index is 1.82. The zero-order chi connectivity index (χ0) is 14.4. The summed E-state index contributed by atoms with van der Waals surface area (Å²) >= 11 is 3.29. The summed E-state index contributed by atoms with van der Waals surface area (Å²) in [6, 6.07) is 7.50. The Morgan fingerprint density at radius 3 is 2.35 bits per heavy atom. The Hall–Kier alpha value is -1.82. The average molecular weight is 338 g/mol. The third kappa shape index (κ3) is 4.38. The van der Waals surface area contributed by atoms with Crippen LogP contribution in [0.3, 0.4) is 0 Å². The molecule has 0 spiro atoms. The molecule has 2 aromatic rings. The molecule has 1 aromatic carbocycles. The Morgan fingerprint density at radius 2 is 1.75 bits per heavy atom. The number of nitrogens with one attached hydrogen (secondary N) is 1. The van der Waals surface area contributed by atoms with E-state index in [0.29, 0.717) is 12.5 Å². The number of anilines is 1. The van der Waals surface area contributed by atoms with Crippen molar-refractivity contribution in [2.24, 2.45) is 0 Å². The van der Waals surface area contributed by atoms with Crippen LogP contribution >= 0.6 is 15.9 Å². The van der Waals surface area contributed by atoms with Crippen LogP contribution in [0.2, 0.25) is 0 Å². The van der Waals surface area contributed by atoms with Crippen molar-refractivity contribution in [3.8, 4) is 11.5 Å². The second-order valence-electron chi connectivity index (χ2n) is 4.21. The van der Waals surface area contributed by atoms with Gasteiger partial charge in [0.05, 0.1) is 18.1 Å². The minimum Gasteiger partial charge on any atom is -0.497 e. The van der Waals surface area contributed by atoms with Gasteiger partial charge >= 0.3 is 0 Å². The lowest BCUT2D eigenvalue weighted by Gasteiger charge is -2.15. The maximum atomic E-state index is 5.78. The van der Waals surface area contributed by atoms with E-state index in [4.69, 9.17) is 9.47 Å². The highest BCUT2D eigenvalue weighted by atomic mass is 79.9. The third-order valence-corrected chi connectivity index (χ3v) is 2.97. The Morgan fingerprint density at radius 1 is 1.15 bits per heavy atom. The fraction of sp³-hybridized carbons (Fsp3) is 0.286. The van der Waals surface area contributed by atoms with Crippen LogP contribution in [0.4, 0.5) is 5.95 Å². The van der Waals surface area contributed by atoms with Gasteiger partial charge in [-0.1, -0.05) is 0 Å². The molecule has 0 amide bonds. The monoisotopic (exact) mass is 337 g/mol. The molecule has 0 bridgehead atoms. The van der Waals surface area contributed by atoms with Gasteiger partial charge in [0.25, 0.3) is 0 Å². The molecule has 0 aliphatic carbocycles. The van der Waals surface area contributed by atoms with Gasteiger partial charge < -0.3 is 14.8 Å². The van der Waals surface area contributed by atoms with E-state index in [0.717, 1.165) is 16.0 Å². The number of benzene rings is 1. The van der Waals surface area contributed by atoms with Crippen molar-refractivity contribution in [1.82, 2.24) is 9.97 Å². The SMILES string of the molecule is COc1ccc(OC(C)CNc2ncc(Br)cn2)cc1. The summed E-state index contributed by atoms with van der Waals surface area (Å²) in [5.74, 6) is 2.20. The second kappa shape index (κ2) is 7.09. The molecule has 0 aliphatic heterocycles. The highest BCUT2D eigenvalue weighted by Gasteiger charge is 2.05. The Bertz CT molecular complexity index is 531. The second-order valence-corrected chi connectivity index (χ2v) is 5.13. The molecule has 0 saturated carbocycles. The van der Waals surface area contributed by atoms with Crippen molar-refractivity contribution < 1.29 is 9.47 Å². The number of methoxy groups -OCH3 is 1. The topological polar surface area (TPSA) is 56.3 Å². The highest BCUT2D eigenvalue weighted by molar-refractivity contribution is 9.10. The summed E-state index contributed by atoms with van der Waals surface area (Å²) < 4.78 is 11.7. The van der Waals surface area contributed by atoms with Gasteiger partial charge in [0.1, 0.15) is 17.6 Å². The number of rotatable bonds is 6. The predicted molar refractivity (Wildman–Crippen MR) is 81.3 cm³/mol. The zero-order valence-corrected chi connectivity index (χ0v) is 12.9. The van der Waals surface area contributed by atoms with Gasteiger partial charge in [0, 0.05) is 12.4 Å². The summed E-state index contributed by atoms with van der Waals surface area (Å²) in [4.78, 5) is 8.28. The van der Waals surface area contributed by atoms with Gasteiger partial charge in [-0.15, -0.1) is 0 Å². The van der Waals surface area contributed by atoms with E-state index in [1.165, 1.54) is 0 Å². The first-order valence-corrected chi connectivity index (χ1v) is 6.99. The summed E-state index contributed by atoms with van der Waals surface area (Å²) in [5, 5.41) is 3.12. The summed E-state index contributed by atoms with van der Waals surface area (Å²) in [6.45, 7) is 2.60. The summed E-state index contributed by atoms with van der Waals surface area (Å²) in [6.07, 6.45) is 3.39. The van der Waals surface area contributed by atoms with E-state index < -0.39 is 0 Å². The van der Waals surface area contributed by atoms with Gasteiger partial charge in [0.2, 0.25) is 5.95 Å². The number of halogens is 1. The molecule has 1 N–H and O–H groups in total. The Labute approximate surface area is 126 Å². The lowest BCUT2D eigenvalue weighted by molar-refractivity contribution is 0.234. The van der Waals surface area contributed by atoms with E-state index in [1.807, 2.05) is 31.2 Å². The first kappa shape index (κ1) is 14.6. The smallest absolute Gasteiger partial charge is 0.222 e. The van der Waals surface area contributed by atoms with Gasteiger partial charge in [-0.2, -0.15) is 0 Å². The normalized spacial score (nSPS) is 11.8. The molecule has 2 rings (SSSR count). The number of ether oxygens (including phenoxy) is 2. The van der Waals surface area contributed by atoms with E-state index in [1.54, 1.807) is 19.5 Å². The maximum absolute atomic E-state index is 5.78. The van der Waals surface area contributed by atoms with E-state index in [-0.39, 0.29) is 6.10 Å². The van der Waals surface area contributed by atoms with Crippen molar-refractivity contribution in [3.63, 3.8) is 0 Å². The van der Waals surface area contributed by atoms with Gasteiger partial charge in [0.15, 0.2) is 0 Å². The van der Waals surface area contributed by atoms with Gasteiger partial charge in [-0.05, 0) is 47.1 Å². The summed E-state index contributed by atoms with van der Waals surface area (Å²) in [5.41, 5.74) is 0. The molecule has 0 saturated heterocycles. The molecule has 0 radical (unpaired) electrons. The lowest BCUT2D eigenvalue weighted by Crippen LogP contribution is -2.23. The molecular formula is C14H16BrN3O2. The fourth-order valence-electron chi connectivity index (χ4n) is 1.57. The van der Waals surface area contributed by atoms with E-state index in [2.05, 4.69) is 31.2 Å². The number of nitrogens with zero attached hydrogens (tertiary/aromatic N) is 2. The molecule has 6 heteroatoms. The van der Waals surface area contributed by atoms with Crippen molar-refractivity contribution in [2.45, 2.75) is 13.0 Å². The predicted octanol–water partition coefficient (Wildman–Crippen LogP) is 3.13. The fourth-order valence-corrected chi connectivity index (χ4v) is 1.77. The maximum Gasteiger partial charge on any atom is 0.222 e. The molecule has 1 heterocycles. The van der Waals surface area contributed by atoms with Crippen LogP contribution in [0.5, 0.6) is 11.5 Å². The third-order valence-electron chi connectivity index (χ3n) is 2.56. The van der Waals surface area contributed by atoms with Crippen LogP contribution in [-0.4, -0.2) is 29.7 Å². The molecule has 106 valence electrons. The van der Waals surface area contributed by atoms with Crippen molar-refractivity contribution in [2.75, 3.05) is 19.0 Å². The van der Waals surface area contributed by atoms with E-state index >= 15 is 0 Å². The molecule has 1 unspecified atom stereocenters. The van der Waals surface area contributed by atoms with E-state index in [9.17, 15) is 0 Å². The van der Waals surface area contributed by atoms with Crippen LogP contribution in [0.1, 0.15) is 6.92 Å². The number of hydrogen-bond acceptors (Lipinski definition) is 5. The van der Waals surface area contributed by atoms with Crippen LogP contribution in [0.15, 0.2) is 41.1 Å². The number of aromatic nitrogens is 2. The average Bonchev–Trinajstić information content (AvgIpc) is 2.47. The minimum absolute atomic E-state index is 0.00404. The molecule has 0 aliphatic rings. The lowest BCUT2D eigenvalue weighted by atomic mass is 10.3. The quantitative estimate of drug-likeness (QED) is 0.877. The highest BCUT2D eigenvalue weighted by Crippen LogP contribution is 2.18. The molecule has 1 atom stereocenters. The molecule has 1 aromatic heterocycles.